The third-order valence-electron chi connectivity index (χ3n) is 6.41. The second-order valence-corrected chi connectivity index (χ2v) is 8.97. The lowest BCUT2D eigenvalue weighted by atomic mass is 10.0. The molecule has 4 rings (SSSR count). The molecule has 184 valence electrons. The molecule has 0 aliphatic carbocycles. The van der Waals surface area contributed by atoms with Crippen molar-refractivity contribution in [1.29, 1.82) is 0 Å². The molecule has 2 heterocycles. The maximum Gasteiger partial charge on any atom is 0.248 e. The maximum absolute atomic E-state index is 13.4. The van der Waals surface area contributed by atoms with Crippen molar-refractivity contribution < 1.29 is 23.1 Å². The maximum atomic E-state index is 13.4. The number of carbonyl (C=O) groups is 2. The summed E-state index contributed by atoms with van der Waals surface area (Å²) in [6, 6.07) is 12.9. The van der Waals surface area contributed by atoms with Crippen molar-refractivity contribution in [3.8, 4) is 0 Å². The van der Waals surface area contributed by atoms with E-state index in [4.69, 9.17) is 4.74 Å². The van der Waals surface area contributed by atoms with E-state index in [0.717, 1.165) is 36.8 Å². The highest BCUT2D eigenvalue weighted by molar-refractivity contribution is 5.80. The molecular weight excluding hydrogens is 450 g/mol. The van der Waals surface area contributed by atoms with Gasteiger partial charge in [-0.15, -0.1) is 0 Å². The molecule has 35 heavy (non-hydrogen) atoms. The SMILES string of the molecule is O=C(COCC(=O)N1CCC(=Cc2cccc(F)c2)CC1)N1CCC(=Cc2cccc(F)c2)CC1. The highest BCUT2D eigenvalue weighted by Crippen LogP contribution is 2.21. The molecule has 0 saturated carbocycles. The molecule has 7 heteroatoms. The molecule has 0 atom stereocenters. The number of hydrogen-bond donors (Lipinski definition) is 0. The Balaban J connectivity index is 1.15. The van der Waals surface area contributed by atoms with Crippen LogP contribution in [0.3, 0.4) is 0 Å². The molecule has 0 bridgehead atoms. The molecule has 0 N–H and O–H groups in total. The summed E-state index contributed by atoms with van der Waals surface area (Å²) in [5, 5.41) is 0. The van der Waals surface area contributed by atoms with Gasteiger partial charge in [0, 0.05) is 26.2 Å². The van der Waals surface area contributed by atoms with Gasteiger partial charge in [-0.25, -0.2) is 8.78 Å². The number of nitrogens with zero attached hydrogens (tertiary/aromatic N) is 2. The lowest BCUT2D eigenvalue weighted by molar-refractivity contribution is -0.142. The van der Waals surface area contributed by atoms with Crippen LogP contribution in [0.15, 0.2) is 59.7 Å². The van der Waals surface area contributed by atoms with Crippen LogP contribution in [0.2, 0.25) is 0 Å². The Bertz CT molecular complexity index is 1020. The van der Waals surface area contributed by atoms with Crippen LogP contribution < -0.4 is 0 Å². The smallest absolute Gasteiger partial charge is 0.248 e. The monoisotopic (exact) mass is 480 g/mol. The molecule has 2 aromatic carbocycles. The van der Waals surface area contributed by atoms with Gasteiger partial charge in [0.15, 0.2) is 0 Å². The molecular formula is C28H30F2N2O3. The van der Waals surface area contributed by atoms with Crippen molar-refractivity contribution >= 4 is 24.0 Å². The van der Waals surface area contributed by atoms with Crippen LogP contribution >= 0.6 is 0 Å². The van der Waals surface area contributed by atoms with Crippen molar-refractivity contribution in [2.24, 2.45) is 0 Å². The van der Waals surface area contributed by atoms with Crippen LogP contribution in [0.1, 0.15) is 36.8 Å². The molecule has 2 amide bonds. The van der Waals surface area contributed by atoms with Crippen LogP contribution in [0.4, 0.5) is 8.78 Å². The van der Waals surface area contributed by atoms with Crippen LogP contribution in [0.5, 0.6) is 0 Å². The predicted molar refractivity (Wildman–Crippen MR) is 131 cm³/mol. The average molecular weight is 481 g/mol. The number of carbonyl (C=O) groups excluding carboxylic acids is 2. The summed E-state index contributed by atoms with van der Waals surface area (Å²) in [6.07, 6.45) is 6.91. The fourth-order valence-electron chi connectivity index (χ4n) is 4.45. The molecule has 0 spiro atoms. The van der Waals surface area contributed by atoms with Crippen LogP contribution in [-0.2, 0) is 14.3 Å². The summed E-state index contributed by atoms with van der Waals surface area (Å²) < 4.78 is 32.2. The summed E-state index contributed by atoms with van der Waals surface area (Å²) in [5.41, 5.74) is 4.03. The van der Waals surface area contributed by atoms with Gasteiger partial charge in [0.1, 0.15) is 24.8 Å². The first kappa shape index (κ1) is 24.8. The first-order valence-electron chi connectivity index (χ1n) is 12.0. The first-order chi connectivity index (χ1) is 17.0. The minimum absolute atomic E-state index is 0.118. The zero-order valence-electron chi connectivity index (χ0n) is 19.7. The molecule has 2 saturated heterocycles. The predicted octanol–water partition coefficient (Wildman–Crippen LogP) is 4.69. The second-order valence-electron chi connectivity index (χ2n) is 8.97. The van der Waals surface area contributed by atoms with Gasteiger partial charge in [0.25, 0.3) is 0 Å². The quantitative estimate of drug-likeness (QED) is 0.603. The highest BCUT2D eigenvalue weighted by atomic mass is 19.1. The lowest BCUT2D eigenvalue weighted by Gasteiger charge is -2.29. The number of hydrogen-bond acceptors (Lipinski definition) is 3. The largest absolute Gasteiger partial charge is 0.362 e. The third kappa shape index (κ3) is 7.33. The van der Waals surface area contributed by atoms with Gasteiger partial charge in [0.2, 0.25) is 11.8 Å². The molecule has 0 unspecified atom stereocenters. The van der Waals surface area contributed by atoms with E-state index in [1.807, 2.05) is 24.3 Å². The highest BCUT2D eigenvalue weighted by Gasteiger charge is 2.22. The Morgan fingerprint density at radius 3 is 1.49 bits per heavy atom. The standard InChI is InChI=1S/C28H30F2N2O3/c29-25-5-1-3-23(17-25)15-21-7-11-31(12-8-21)27(33)19-35-20-28(34)32-13-9-22(10-14-32)16-24-4-2-6-26(30)18-24/h1-6,15-18H,7-14,19-20H2. The normalized spacial score (nSPS) is 16.3. The first-order valence-corrected chi connectivity index (χ1v) is 12.0. The molecule has 0 aromatic heterocycles. The van der Waals surface area contributed by atoms with Crippen molar-refractivity contribution in [2.45, 2.75) is 25.7 Å². The van der Waals surface area contributed by atoms with E-state index in [-0.39, 0.29) is 36.7 Å². The average Bonchev–Trinajstić information content (AvgIpc) is 2.85. The molecule has 5 nitrogen and oxygen atoms in total. The van der Waals surface area contributed by atoms with Crippen molar-refractivity contribution in [2.75, 3.05) is 39.4 Å². The fraction of sp³-hybridized carbons (Fsp3) is 0.357. The zero-order chi connectivity index (χ0) is 24.6. The number of likely N-dealkylation sites (tertiary alicyclic amines) is 2. The van der Waals surface area contributed by atoms with E-state index in [1.165, 1.54) is 35.4 Å². The van der Waals surface area contributed by atoms with E-state index in [0.29, 0.717) is 26.2 Å². The molecule has 2 aliphatic heterocycles. The zero-order valence-corrected chi connectivity index (χ0v) is 19.7. The number of ether oxygens (including phenoxy) is 1. The third-order valence-corrected chi connectivity index (χ3v) is 6.41. The molecule has 2 aliphatic rings. The van der Waals surface area contributed by atoms with Crippen LogP contribution in [0, 0.1) is 11.6 Å². The summed E-state index contributed by atoms with van der Waals surface area (Å²) in [6.45, 7) is 2.11. The minimum Gasteiger partial charge on any atom is -0.362 e. The Kier molecular flexibility index (Phi) is 8.42. The van der Waals surface area contributed by atoms with Gasteiger partial charge < -0.3 is 14.5 Å². The Morgan fingerprint density at radius 1 is 0.714 bits per heavy atom. The van der Waals surface area contributed by atoms with Crippen LogP contribution in [-0.4, -0.2) is 61.0 Å². The van der Waals surface area contributed by atoms with E-state index >= 15 is 0 Å². The van der Waals surface area contributed by atoms with E-state index in [2.05, 4.69) is 0 Å². The molecule has 2 aromatic rings. The van der Waals surface area contributed by atoms with Crippen molar-refractivity contribution in [3.05, 3.63) is 82.4 Å². The second kappa shape index (κ2) is 11.9. The van der Waals surface area contributed by atoms with E-state index in [1.54, 1.807) is 21.9 Å². The Morgan fingerprint density at radius 2 is 1.11 bits per heavy atom. The van der Waals surface area contributed by atoms with Gasteiger partial charge >= 0.3 is 0 Å². The van der Waals surface area contributed by atoms with Crippen molar-refractivity contribution in [3.63, 3.8) is 0 Å². The molecule has 2 fully saturated rings. The Hall–Kier alpha value is -3.32. The number of rotatable bonds is 6. The van der Waals surface area contributed by atoms with E-state index < -0.39 is 0 Å². The summed E-state index contributed by atoms with van der Waals surface area (Å²) in [7, 11) is 0. The van der Waals surface area contributed by atoms with Gasteiger partial charge in [0.05, 0.1) is 0 Å². The Labute approximate surface area is 204 Å². The summed E-state index contributed by atoms with van der Waals surface area (Å²) >= 11 is 0. The topological polar surface area (TPSA) is 49.9 Å². The number of benzene rings is 2. The number of amides is 2. The van der Waals surface area contributed by atoms with Crippen LogP contribution in [0.25, 0.3) is 12.2 Å². The van der Waals surface area contributed by atoms with Crippen molar-refractivity contribution in [1.82, 2.24) is 9.80 Å². The van der Waals surface area contributed by atoms with Gasteiger partial charge in [-0.2, -0.15) is 0 Å². The lowest BCUT2D eigenvalue weighted by Crippen LogP contribution is -2.41. The fourth-order valence-corrected chi connectivity index (χ4v) is 4.45. The summed E-state index contributed by atoms with van der Waals surface area (Å²) in [4.78, 5) is 28.5. The molecule has 0 radical (unpaired) electrons. The minimum atomic E-state index is -0.260. The van der Waals surface area contributed by atoms with Gasteiger partial charge in [-0.1, -0.05) is 47.6 Å². The van der Waals surface area contributed by atoms with Gasteiger partial charge in [-0.05, 0) is 61.1 Å². The van der Waals surface area contributed by atoms with E-state index in [9.17, 15) is 18.4 Å². The number of piperidine rings is 2. The number of halogens is 2. The summed E-state index contributed by atoms with van der Waals surface area (Å²) in [5.74, 6) is -0.768. The van der Waals surface area contributed by atoms with Gasteiger partial charge in [-0.3, -0.25) is 9.59 Å².